The van der Waals surface area contributed by atoms with Crippen LogP contribution in [0, 0.1) is 0 Å². The topological polar surface area (TPSA) is 87.3 Å². The van der Waals surface area contributed by atoms with Gasteiger partial charge in [-0.3, -0.25) is 4.79 Å². The van der Waals surface area contributed by atoms with Crippen LogP contribution in [0.15, 0.2) is 30.6 Å². The van der Waals surface area contributed by atoms with Gasteiger partial charge in [0.05, 0.1) is 19.1 Å². The molecule has 0 saturated carbocycles. The van der Waals surface area contributed by atoms with E-state index in [2.05, 4.69) is 20.0 Å². The number of aromatic amines is 1. The second kappa shape index (κ2) is 8.23. The number of amides is 2. The molecule has 0 aliphatic carbocycles. The zero-order valence-electron chi connectivity index (χ0n) is 14.5. The van der Waals surface area contributed by atoms with Gasteiger partial charge in [0.2, 0.25) is 0 Å². The number of ether oxygens (including phenoxy) is 1. The Bertz CT molecular complexity index is 775. The zero-order chi connectivity index (χ0) is 18.5. The SMILES string of the molecule is COC(=O)CCCNC(=O)N1CCc2[nH]cnc2[C@@H]1c1ccc(Cl)cc1. The number of imidazole rings is 1. The smallest absolute Gasteiger partial charge is 0.318 e. The summed E-state index contributed by atoms with van der Waals surface area (Å²) in [6, 6.07) is 6.99. The fourth-order valence-electron chi connectivity index (χ4n) is 3.11. The van der Waals surface area contributed by atoms with Crippen molar-refractivity contribution in [3.05, 3.63) is 52.6 Å². The van der Waals surface area contributed by atoms with Gasteiger partial charge in [-0.2, -0.15) is 0 Å². The van der Waals surface area contributed by atoms with Crippen LogP contribution in [-0.2, 0) is 16.0 Å². The number of methoxy groups -OCH3 is 1. The van der Waals surface area contributed by atoms with Crippen molar-refractivity contribution in [2.24, 2.45) is 0 Å². The zero-order valence-corrected chi connectivity index (χ0v) is 15.3. The van der Waals surface area contributed by atoms with E-state index in [0.29, 0.717) is 24.5 Å². The minimum absolute atomic E-state index is 0.177. The Labute approximate surface area is 156 Å². The van der Waals surface area contributed by atoms with Gasteiger partial charge in [-0.25, -0.2) is 9.78 Å². The maximum absolute atomic E-state index is 12.7. The normalized spacial score (nSPS) is 16.1. The van der Waals surface area contributed by atoms with Crippen LogP contribution in [0.1, 0.15) is 35.8 Å². The number of rotatable bonds is 5. The lowest BCUT2D eigenvalue weighted by Crippen LogP contribution is -2.46. The number of hydrogen-bond acceptors (Lipinski definition) is 4. The van der Waals surface area contributed by atoms with Crippen LogP contribution in [0.5, 0.6) is 0 Å². The van der Waals surface area contributed by atoms with Crippen molar-refractivity contribution in [3.8, 4) is 0 Å². The highest BCUT2D eigenvalue weighted by Crippen LogP contribution is 2.33. The number of aromatic nitrogens is 2. The van der Waals surface area contributed by atoms with Crippen molar-refractivity contribution in [1.29, 1.82) is 0 Å². The summed E-state index contributed by atoms with van der Waals surface area (Å²) >= 11 is 6.00. The van der Waals surface area contributed by atoms with Crippen LogP contribution in [0.25, 0.3) is 0 Å². The Morgan fingerprint density at radius 3 is 2.88 bits per heavy atom. The van der Waals surface area contributed by atoms with E-state index in [9.17, 15) is 9.59 Å². The number of H-pyrrole nitrogens is 1. The number of fused-ring (bicyclic) bond motifs is 1. The highest BCUT2D eigenvalue weighted by atomic mass is 35.5. The van der Waals surface area contributed by atoms with Crippen LogP contribution in [0.3, 0.4) is 0 Å². The van der Waals surface area contributed by atoms with Crippen LogP contribution in [0.4, 0.5) is 4.79 Å². The fourth-order valence-corrected chi connectivity index (χ4v) is 3.24. The van der Waals surface area contributed by atoms with Gasteiger partial charge >= 0.3 is 12.0 Å². The molecule has 0 unspecified atom stereocenters. The first kappa shape index (κ1) is 18.3. The molecule has 1 aromatic heterocycles. The third-order valence-corrected chi connectivity index (χ3v) is 4.69. The molecule has 1 aliphatic rings. The molecule has 0 bridgehead atoms. The van der Waals surface area contributed by atoms with Crippen molar-refractivity contribution < 1.29 is 14.3 Å². The summed E-state index contributed by atoms with van der Waals surface area (Å²) in [6.45, 7) is 0.983. The van der Waals surface area contributed by atoms with E-state index in [1.165, 1.54) is 7.11 Å². The molecule has 0 radical (unpaired) electrons. The average Bonchev–Trinajstić information content (AvgIpc) is 3.13. The highest BCUT2D eigenvalue weighted by Gasteiger charge is 2.33. The van der Waals surface area contributed by atoms with Gasteiger partial charge in [0, 0.05) is 36.6 Å². The fraction of sp³-hybridized carbons (Fsp3) is 0.389. The first-order chi connectivity index (χ1) is 12.6. The predicted octanol–water partition coefficient (Wildman–Crippen LogP) is 2.67. The molecular weight excluding hydrogens is 356 g/mol. The third kappa shape index (κ3) is 3.99. The summed E-state index contributed by atoms with van der Waals surface area (Å²) in [5, 5.41) is 3.53. The molecule has 1 aliphatic heterocycles. The molecule has 0 saturated heterocycles. The maximum Gasteiger partial charge on any atom is 0.318 e. The van der Waals surface area contributed by atoms with Crippen molar-refractivity contribution in [3.63, 3.8) is 0 Å². The molecule has 0 spiro atoms. The molecule has 2 aromatic rings. The minimum Gasteiger partial charge on any atom is -0.469 e. The molecule has 26 heavy (non-hydrogen) atoms. The highest BCUT2D eigenvalue weighted by molar-refractivity contribution is 6.30. The Morgan fingerprint density at radius 1 is 1.38 bits per heavy atom. The van der Waals surface area contributed by atoms with Gasteiger partial charge in [0.25, 0.3) is 0 Å². The first-order valence-electron chi connectivity index (χ1n) is 8.49. The molecule has 3 rings (SSSR count). The van der Waals surface area contributed by atoms with Gasteiger partial charge in [-0.1, -0.05) is 23.7 Å². The lowest BCUT2D eigenvalue weighted by molar-refractivity contribution is -0.140. The summed E-state index contributed by atoms with van der Waals surface area (Å²) in [4.78, 5) is 33.2. The van der Waals surface area contributed by atoms with Crippen molar-refractivity contribution in [2.75, 3.05) is 20.2 Å². The standard InChI is InChI=1S/C18H21ClN4O3/c1-26-15(24)3-2-9-20-18(25)23-10-8-14-16(22-11-21-14)17(23)12-4-6-13(19)7-5-12/h4-7,11,17H,2-3,8-10H2,1H3,(H,20,25)(H,21,22)/t17-/m0/s1. The summed E-state index contributed by atoms with van der Waals surface area (Å²) in [7, 11) is 1.35. The molecule has 2 N–H and O–H groups in total. The quantitative estimate of drug-likeness (QED) is 0.620. The molecular formula is C18H21ClN4O3. The predicted molar refractivity (Wildman–Crippen MR) is 96.9 cm³/mol. The van der Waals surface area contributed by atoms with E-state index in [-0.39, 0.29) is 24.5 Å². The lowest BCUT2D eigenvalue weighted by Gasteiger charge is -2.35. The van der Waals surface area contributed by atoms with E-state index in [1.807, 2.05) is 24.3 Å². The van der Waals surface area contributed by atoms with Gasteiger partial charge in [-0.05, 0) is 24.1 Å². The first-order valence-corrected chi connectivity index (χ1v) is 8.87. The Hall–Kier alpha value is -2.54. The third-order valence-electron chi connectivity index (χ3n) is 4.43. The maximum atomic E-state index is 12.7. The summed E-state index contributed by atoms with van der Waals surface area (Å²) in [6.07, 6.45) is 3.19. The molecule has 7 nitrogen and oxygen atoms in total. The number of esters is 1. The number of carbonyl (C=O) groups excluding carboxylic acids is 2. The van der Waals surface area contributed by atoms with Gasteiger partial charge in [0.15, 0.2) is 0 Å². The molecule has 2 amide bonds. The second-order valence-corrected chi connectivity index (χ2v) is 6.51. The largest absolute Gasteiger partial charge is 0.469 e. The number of carbonyl (C=O) groups is 2. The molecule has 2 heterocycles. The Kier molecular flexibility index (Phi) is 5.78. The second-order valence-electron chi connectivity index (χ2n) is 6.08. The van der Waals surface area contributed by atoms with Crippen LogP contribution in [-0.4, -0.2) is 47.1 Å². The van der Waals surface area contributed by atoms with Gasteiger partial charge in [-0.15, -0.1) is 0 Å². The van der Waals surface area contributed by atoms with Crippen molar-refractivity contribution >= 4 is 23.6 Å². The number of hydrogen-bond donors (Lipinski definition) is 2. The van der Waals surface area contributed by atoms with Crippen LogP contribution < -0.4 is 5.32 Å². The summed E-state index contributed by atoms with van der Waals surface area (Å²) in [5.41, 5.74) is 2.84. The average molecular weight is 377 g/mol. The van der Waals surface area contributed by atoms with E-state index in [4.69, 9.17) is 11.6 Å². The molecule has 1 atom stereocenters. The van der Waals surface area contributed by atoms with E-state index >= 15 is 0 Å². The minimum atomic E-state index is -0.280. The van der Waals surface area contributed by atoms with Crippen molar-refractivity contribution in [2.45, 2.75) is 25.3 Å². The number of urea groups is 1. The molecule has 8 heteroatoms. The van der Waals surface area contributed by atoms with Crippen LogP contribution >= 0.6 is 11.6 Å². The molecule has 138 valence electrons. The molecule has 0 fully saturated rings. The number of halogens is 1. The number of nitrogens with one attached hydrogen (secondary N) is 2. The van der Waals surface area contributed by atoms with Crippen LogP contribution in [0.2, 0.25) is 5.02 Å². The summed E-state index contributed by atoms with van der Waals surface area (Å²) < 4.78 is 4.60. The van der Waals surface area contributed by atoms with Gasteiger partial charge < -0.3 is 19.9 Å². The van der Waals surface area contributed by atoms with E-state index < -0.39 is 0 Å². The van der Waals surface area contributed by atoms with E-state index in [0.717, 1.165) is 23.4 Å². The Balaban J connectivity index is 1.73. The number of nitrogens with zero attached hydrogens (tertiary/aromatic N) is 2. The number of benzene rings is 1. The monoisotopic (exact) mass is 376 g/mol. The molecule has 1 aromatic carbocycles. The Morgan fingerprint density at radius 2 is 2.15 bits per heavy atom. The van der Waals surface area contributed by atoms with Gasteiger partial charge in [0.1, 0.15) is 6.04 Å². The van der Waals surface area contributed by atoms with E-state index in [1.54, 1.807) is 11.2 Å². The summed E-state index contributed by atoms with van der Waals surface area (Å²) in [5.74, 6) is -0.280. The lowest BCUT2D eigenvalue weighted by atomic mass is 9.96. The van der Waals surface area contributed by atoms with Crippen molar-refractivity contribution in [1.82, 2.24) is 20.2 Å².